The molecule has 0 fully saturated rings. The first-order chi connectivity index (χ1) is 8.08. The van der Waals surface area contributed by atoms with Gasteiger partial charge in [0.15, 0.2) is 5.76 Å². The molecule has 1 aromatic heterocycles. The second-order valence-corrected chi connectivity index (χ2v) is 4.76. The summed E-state index contributed by atoms with van der Waals surface area (Å²) in [5.41, 5.74) is 2.61. The molecular weight excluding hydrogens is 282 g/mol. The van der Waals surface area contributed by atoms with Gasteiger partial charge in [0.2, 0.25) is 0 Å². The number of anilines is 1. The molecule has 0 aliphatic carbocycles. The summed E-state index contributed by atoms with van der Waals surface area (Å²) in [5.74, 6) is 0.123. The molecule has 0 bridgehead atoms. The summed E-state index contributed by atoms with van der Waals surface area (Å²) >= 11 is 3.37. The van der Waals surface area contributed by atoms with E-state index in [2.05, 4.69) is 21.2 Å². The monoisotopic (exact) mass is 293 g/mol. The predicted molar refractivity (Wildman–Crippen MR) is 70.3 cm³/mol. The van der Waals surface area contributed by atoms with Gasteiger partial charge >= 0.3 is 0 Å². The van der Waals surface area contributed by atoms with Gasteiger partial charge < -0.3 is 9.73 Å². The molecule has 1 N–H and O–H groups in total. The van der Waals surface area contributed by atoms with Crippen molar-refractivity contribution in [1.82, 2.24) is 0 Å². The SMILES string of the molecule is Cc1ccc(Br)cc1NC(=O)c1occc1C. The highest BCUT2D eigenvalue weighted by Crippen LogP contribution is 2.21. The maximum atomic E-state index is 11.9. The number of hydrogen-bond acceptors (Lipinski definition) is 2. The van der Waals surface area contributed by atoms with Gasteiger partial charge in [-0.1, -0.05) is 22.0 Å². The first-order valence-electron chi connectivity index (χ1n) is 5.19. The van der Waals surface area contributed by atoms with Crippen molar-refractivity contribution in [3.05, 3.63) is 51.9 Å². The first kappa shape index (κ1) is 11.9. The molecule has 2 aromatic rings. The van der Waals surface area contributed by atoms with Gasteiger partial charge in [0, 0.05) is 15.7 Å². The molecule has 0 spiro atoms. The van der Waals surface area contributed by atoms with Gasteiger partial charge in [0.1, 0.15) is 0 Å². The molecule has 88 valence electrons. The Morgan fingerprint density at radius 3 is 2.65 bits per heavy atom. The van der Waals surface area contributed by atoms with Gasteiger partial charge in [-0.3, -0.25) is 4.79 Å². The fourth-order valence-electron chi connectivity index (χ4n) is 1.51. The summed E-state index contributed by atoms with van der Waals surface area (Å²) in [6.07, 6.45) is 1.51. The topological polar surface area (TPSA) is 42.2 Å². The highest BCUT2D eigenvalue weighted by Gasteiger charge is 2.13. The summed E-state index contributed by atoms with van der Waals surface area (Å²) in [6.45, 7) is 3.78. The average molecular weight is 294 g/mol. The van der Waals surface area contributed by atoms with E-state index in [9.17, 15) is 4.79 Å². The van der Waals surface area contributed by atoms with Crippen molar-refractivity contribution < 1.29 is 9.21 Å². The number of halogens is 1. The zero-order valence-corrected chi connectivity index (χ0v) is 11.2. The van der Waals surface area contributed by atoms with Gasteiger partial charge in [-0.15, -0.1) is 0 Å². The Kier molecular flexibility index (Phi) is 3.33. The quantitative estimate of drug-likeness (QED) is 0.912. The summed E-state index contributed by atoms with van der Waals surface area (Å²) in [7, 11) is 0. The number of nitrogens with one attached hydrogen (secondary N) is 1. The number of aryl methyl sites for hydroxylation is 2. The van der Waals surface area contributed by atoms with Crippen molar-refractivity contribution in [2.45, 2.75) is 13.8 Å². The second kappa shape index (κ2) is 4.75. The molecule has 1 aromatic carbocycles. The lowest BCUT2D eigenvalue weighted by atomic mass is 10.2. The third-order valence-corrected chi connectivity index (χ3v) is 3.01. The van der Waals surface area contributed by atoms with Crippen LogP contribution >= 0.6 is 15.9 Å². The Morgan fingerprint density at radius 2 is 2.00 bits per heavy atom. The Bertz CT molecular complexity index is 560. The van der Waals surface area contributed by atoms with E-state index in [1.165, 1.54) is 6.26 Å². The zero-order valence-electron chi connectivity index (χ0n) is 9.58. The Balaban J connectivity index is 2.24. The van der Waals surface area contributed by atoms with Gasteiger partial charge in [0.25, 0.3) is 5.91 Å². The van der Waals surface area contributed by atoms with Crippen molar-refractivity contribution in [3.8, 4) is 0 Å². The van der Waals surface area contributed by atoms with Crippen LogP contribution in [0.5, 0.6) is 0 Å². The average Bonchev–Trinajstić information content (AvgIpc) is 2.70. The summed E-state index contributed by atoms with van der Waals surface area (Å²) < 4.78 is 6.07. The minimum Gasteiger partial charge on any atom is -0.459 e. The van der Waals surface area contributed by atoms with E-state index in [4.69, 9.17) is 4.42 Å². The maximum absolute atomic E-state index is 11.9. The highest BCUT2D eigenvalue weighted by atomic mass is 79.9. The number of amides is 1. The van der Waals surface area contributed by atoms with Crippen LogP contribution in [-0.4, -0.2) is 5.91 Å². The molecular formula is C13H12BrNO2. The van der Waals surface area contributed by atoms with Crippen molar-refractivity contribution >= 4 is 27.5 Å². The van der Waals surface area contributed by atoms with Gasteiger partial charge in [-0.25, -0.2) is 0 Å². The van der Waals surface area contributed by atoms with Gasteiger partial charge in [-0.2, -0.15) is 0 Å². The normalized spacial score (nSPS) is 10.3. The third-order valence-electron chi connectivity index (χ3n) is 2.52. The summed E-state index contributed by atoms with van der Waals surface area (Å²) in [4.78, 5) is 11.9. The van der Waals surface area contributed by atoms with Crippen LogP contribution < -0.4 is 5.32 Å². The molecule has 0 unspecified atom stereocenters. The number of benzene rings is 1. The Labute approximate surface area is 108 Å². The summed E-state index contributed by atoms with van der Waals surface area (Å²) in [5, 5.41) is 2.83. The lowest BCUT2D eigenvalue weighted by Gasteiger charge is -2.07. The maximum Gasteiger partial charge on any atom is 0.291 e. The fraction of sp³-hybridized carbons (Fsp3) is 0.154. The molecule has 1 heterocycles. The summed E-state index contributed by atoms with van der Waals surface area (Å²) in [6, 6.07) is 7.51. The van der Waals surface area contributed by atoms with E-state index < -0.39 is 0 Å². The van der Waals surface area contributed by atoms with E-state index in [-0.39, 0.29) is 5.91 Å². The molecule has 0 aliphatic rings. The second-order valence-electron chi connectivity index (χ2n) is 3.85. The smallest absolute Gasteiger partial charge is 0.291 e. The first-order valence-corrected chi connectivity index (χ1v) is 5.99. The van der Waals surface area contributed by atoms with Crippen LogP contribution in [0.3, 0.4) is 0 Å². The molecule has 0 atom stereocenters. The largest absolute Gasteiger partial charge is 0.459 e. The van der Waals surface area contributed by atoms with Crippen LogP contribution in [0.1, 0.15) is 21.7 Å². The zero-order chi connectivity index (χ0) is 12.4. The van der Waals surface area contributed by atoms with Gasteiger partial charge in [0.05, 0.1) is 6.26 Å². The molecule has 3 nitrogen and oxygen atoms in total. The minimum atomic E-state index is -0.228. The van der Waals surface area contributed by atoms with Crippen molar-refractivity contribution in [1.29, 1.82) is 0 Å². The number of carbonyl (C=O) groups is 1. The van der Waals surface area contributed by atoms with Crippen molar-refractivity contribution in [2.24, 2.45) is 0 Å². The molecule has 2 rings (SSSR count). The Hall–Kier alpha value is -1.55. The molecule has 0 saturated carbocycles. The van der Waals surface area contributed by atoms with E-state index in [1.54, 1.807) is 6.07 Å². The molecule has 0 saturated heterocycles. The number of hydrogen-bond donors (Lipinski definition) is 1. The highest BCUT2D eigenvalue weighted by molar-refractivity contribution is 9.10. The lowest BCUT2D eigenvalue weighted by molar-refractivity contribution is 0.0996. The third kappa shape index (κ3) is 2.58. The molecule has 17 heavy (non-hydrogen) atoms. The van der Waals surface area contributed by atoms with Crippen LogP contribution in [0.2, 0.25) is 0 Å². The molecule has 4 heteroatoms. The predicted octanol–water partition coefficient (Wildman–Crippen LogP) is 3.91. The molecule has 0 aliphatic heterocycles. The number of carbonyl (C=O) groups excluding carboxylic acids is 1. The van der Waals surface area contributed by atoms with E-state index >= 15 is 0 Å². The van der Waals surface area contributed by atoms with Crippen molar-refractivity contribution in [3.63, 3.8) is 0 Å². The Morgan fingerprint density at radius 1 is 1.24 bits per heavy atom. The minimum absolute atomic E-state index is 0.228. The van der Waals surface area contributed by atoms with E-state index in [0.29, 0.717) is 5.76 Å². The molecule has 1 amide bonds. The van der Waals surface area contributed by atoms with Crippen LogP contribution in [-0.2, 0) is 0 Å². The fourth-order valence-corrected chi connectivity index (χ4v) is 1.87. The van der Waals surface area contributed by atoms with Crippen LogP contribution in [0.25, 0.3) is 0 Å². The number of furan rings is 1. The number of rotatable bonds is 2. The van der Waals surface area contributed by atoms with E-state index in [0.717, 1.165) is 21.3 Å². The van der Waals surface area contributed by atoms with E-state index in [1.807, 2.05) is 32.0 Å². The van der Waals surface area contributed by atoms with Crippen LogP contribution in [0, 0.1) is 13.8 Å². The van der Waals surface area contributed by atoms with Gasteiger partial charge in [-0.05, 0) is 37.6 Å². The van der Waals surface area contributed by atoms with Crippen molar-refractivity contribution in [2.75, 3.05) is 5.32 Å². The standard InChI is InChI=1S/C13H12BrNO2/c1-8-3-4-10(14)7-11(8)15-13(16)12-9(2)5-6-17-12/h3-7H,1-2H3,(H,15,16). The van der Waals surface area contributed by atoms with Crippen LogP contribution in [0.15, 0.2) is 39.4 Å². The molecule has 0 radical (unpaired) electrons. The lowest BCUT2D eigenvalue weighted by Crippen LogP contribution is -2.12. The van der Waals surface area contributed by atoms with Crippen LogP contribution in [0.4, 0.5) is 5.69 Å².